The van der Waals surface area contributed by atoms with E-state index in [4.69, 9.17) is 46.4 Å². The van der Waals surface area contributed by atoms with Crippen LogP contribution in [0.5, 0.6) is 0 Å². The lowest BCUT2D eigenvalue weighted by atomic mass is 10.8. The molecule has 0 amide bonds. The number of halogens is 4. The molecular formula is C5H6Cl4. The molecular weight excluding hydrogens is 202 g/mol. The maximum atomic E-state index is 4.99. The summed E-state index contributed by atoms with van der Waals surface area (Å²) in [6, 6.07) is 0. The van der Waals surface area contributed by atoms with Crippen LogP contribution in [0.2, 0.25) is 0 Å². The normalized spacial score (nSPS) is 6.78. The molecule has 0 saturated heterocycles. The van der Waals surface area contributed by atoms with Gasteiger partial charge >= 0.3 is 0 Å². The summed E-state index contributed by atoms with van der Waals surface area (Å²) in [6.07, 6.45) is 1.75. The number of rotatable bonds is 0. The van der Waals surface area contributed by atoms with Crippen LogP contribution in [-0.4, -0.2) is 0 Å². The minimum absolute atomic E-state index is 0.0988. The molecule has 0 radical (unpaired) electrons. The van der Waals surface area contributed by atoms with Gasteiger partial charge in [0.15, 0.2) is 0 Å². The zero-order valence-corrected chi connectivity index (χ0v) is 7.82. The van der Waals surface area contributed by atoms with Crippen molar-refractivity contribution in [3.8, 4) is 0 Å². The summed E-state index contributed by atoms with van der Waals surface area (Å²) in [6.45, 7) is 5.25. The van der Waals surface area contributed by atoms with Gasteiger partial charge in [-0.25, -0.2) is 0 Å². The molecule has 0 atom stereocenters. The SMILES string of the molecule is C=CC.ClC(Cl)=C(Cl)Cl. The van der Waals surface area contributed by atoms with Gasteiger partial charge < -0.3 is 0 Å². The van der Waals surface area contributed by atoms with Crippen molar-refractivity contribution in [3.05, 3.63) is 21.6 Å². The van der Waals surface area contributed by atoms with E-state index in [0.29, 0.717) is 0 Å². The van der Waals surface area contributed by atoms with Crippen molar-refractivity contribution in [2.24, 2.45) is 0 Å². The van der Waals surface area contributed by atoms with Gasteiger partial charge in [0.2, 0.25) is 0 Å². The molecule has 4 heteroatoms. The van der Waals surface area contributed by atoms with Gasteiger partial charge in [0.05, 0.1) is 0 Å². The van der Waals surface area contributed by atoms with Crippen LogP contribution in [0.25, 0.3) is 0 Å². The van der Waals surface area contributed by atoms with Crippen LogP contribution in [0, 0.1) is 0 Å². The smallest absolute Gasteiger partial charge is 0.103 e. The van der Waals surface area contributed by atoms with Gasteiger partial charge in [-0.2, -0.15) is 0 Å². The predicted octanol–water partition coefficient (Wildman–Crippen LogP) is 4.26. The zero-order valence-electron chi connectivity index (χ0n) is 4.80. The Labute approximate surface area is 75.0 Å². The highest BCUT2D eigenvalue weighted by Gasteiger charge is 1.88. The topological polar surface area (TPSA) is 0 Å². The van der Waals surface area contributed by atoms with E-state index in [9.17, 15) is 0 Å². The Morgan fingerprint density at radius 1 is 1.11 bits per heavy atom. The molecule has 0 aliphatic carbocycles. The minimum atomic E-state index is -0.0988. The molecule has 0 fully saturated rings. The zero-order chi connectivity index (χ0) is 7.86. The third-order valence-corrected chi connectivity index (χ3v) is 1.29. The molecule has 0 saturated carbocycles. The van der Waals surface area contributed by atoms with Gasteiger partial charge in [-0.05, 0) is 6.92 Å². The molecule has 0 aromatic heterocycles. The van der Waals surface area contributed by atoms with Crippen molar-refractivity contribution < 1.29 is 0 Å². The van der Waals surface area contributed by atoms with Gasteiger partial charge in [-0.1, -0.05) is 52.5 Å². The molecule has 0 bridgehead atoms. The van der Waals surface area contributed by atoms with Crippen LogP contribution >= 0.6 is 46.4 Å². The van der Waals surface area contributed by atoms with Gasteiger partial charge in [0.25, 0.3) is 0 Å². The molecule has 9 heavy (non-hydrogen) atoms. The highest BCUT2D eigenvalue weighted by Crippen LogP contribution is 2.20. The van der Waals surface area contributed by atoms with Crippen molar-refractivity contribution in [1.29, 1.82) is 0 Å². The molecule has 0 aromatic carbocycles. The Morgan fingerprint density at radius 2 is 1.22 bits per heavy atom. The Balaban J connectivity index is 0. The number of allylic oxidation sites excluding steroid dienone is 1. The molecule has 0 N–H and O–H groups in total. The van der Waals surface area contributed by atoms with Crippen LogP contribution in [0.4, 0.5) is 0 Å². The van der Waals surface area contributed by atoms with Crippen molar-refractivity contribution >= 4 is 46.4 Å². The van der Waals surface area contributed by atoms with Crippen molar-refractivity contribution in [2.75, 3.05) is 0 Å². The average Bonchev–Trinajstić information content (AvgIpc) is 1.68. The fourth-order valence-corrected chi connectivity index (χ4v) is 0. The minimum Gasteiger partial charge on any atom is -0.103 e. The van der Waals surface area contributed by atoms with E-state index in [1.54, 1.807) is 6.08 Å². The van der Waals surface area contributed by atoms with E-state index in [-0.39, 0.29) is 8.98 Å². The van der Waals surface area contributed by atoms with E-state index in [0.717, 1.165) is 0 Å². The van der Waals surface area contributed by atoms with Crippen LogP contribution < -0.4 is 0 Å². The van der Waals surface area contributed by atoms with Gasteiger partial charge in [0, 0.05) is 0 Å². The Hall–Kier alpha value is 0.640. The lowest BCUT2D eigenvalue weighted by Gasteiger charge is -1.75. The van der Waals surface area contributed by atoms with Crippen molar-refractivity contribution in [2.45, 2.75) is 6.92 Å². The highest BCUT2D eigenvalue weighted by molar-refractivity contribution is 6.67. The first-order chi connectivity index (χ1) is 4.06. The highest BCUT2D eigenvalue weighted by atomic mass is 35.5. The summed E-state index contributed by atoms with van der Waals surface area (Å²) in [4.78, 5) is 0. The molecule has 54 valence electrons. The summed E-state index contributed by atoms with van der Waals surface area (Å²) >= 11 is 20.0. The van der Waals surface area contributed by atoms with Crippen molar-refractivity contribution in [1.82, 2.24) is 0 Å². The predicted molar refractivity (Wildman–Crippen MR) is 46.3 cm³/mol. The maximum absolute atomic E-state index is 4.99. The maximum Gasteiger partial charge on any atom is 0.136 e. The van der Waals surface area contributed by atoms with Crippen LogP contribution in [0.1, 0.15) is 6.92 Å². The molecule has 0 aliphatic heterocycles. The number of hydrogen-bond donors (Lipinski definition) is 0. The third kappa shape index (κ3) is 17.7. The molecule has 0 aliphatic rings. The van der Waals surface area contributed by atoms with E-state index < -0.39 is 0 Å². The second-order valence-electron chi connectivity index (χ2n) is 0.929. The largest absolute Gasteiger partial charge is 0.136 e. The number of hydrogen-bond acceptors (Lipinski definition) is 0. The monoisotopic (exact) mass is 206 g/mol. The Morgan fingerprint density at radius 3 is 1.22 bits per heavy atom. The molecule has 0 unspecified atom stereocenters. The van der Waals surface area contributed by atoms with Gasteiger partial charge in [-0.15, -0.1) is 6.58 Å². The standard InChI is InChI=1S/C3H6.C2Cl4/c1-3-2;3-1(4)2(5)6/h3H,1H2,2H3;. The van der Waals surface area contributed by atoms with Gasteiger partial charge in [0.1, 0.15) is 8.98 Å². The molecule has 0 nitrogen and oxygen atoms in total. The fourth-order valence-electron chi connectivity index (χ4n) is 0. The Kier molecular flexibility index (Phi) is 11.8. The second-order valence-corrected chi connectivity index (χ2v) is 2.83. The fraction of sp³-hybridized carbons (Fsp3) is 0.200. The van der Waals surface area contributed by atoms with Crippen LogP contribution in [0.3, 0.4) is 0 Å². The van der Waals surface area contributed by atoms with E-state index in [1.165, 1.54) is 0 Å². The quantitative estimate of drug-likeness (QED) is 0.521. The lowest BCUT2D eigenvalue weighted by molar-refractivity contribution is 1.80. The lowest BCUT2D eigenvalue weighted by Crippen LogP contribution is -1.47. The third-order valence-electron chi connectivity index (χ3n) is 0.143. The summed E-state index contributed by atoms with van der Waals surface area (Å²) < 4.78 is -0.198. The summed E-state index contributed by atoms with van der Waals surface area (Å²) in [5.41, 5.74) is 0. The van der Waals surface area contributed by atoms with E-state index >= 15 is 0 Å². The molecule has 0 rings (SSSR count). The summed E-state index contributed by atoms with van der Waals surface area (Å²) in [5.74, 6) is 0. The second kappa shape index (κ2) is 8.64. The van der Waals surface area contributed by atoms with Crippen molar-refractivity contribution in [3.63, 3.8) is 0 Å². The first kappa shape index (κ1) is 12.3. The first-order valence-corrected chi connectivity index (χ1v) is 3.50. The summed E-state index contributed by atoms with van der Waals surface area (Å²) in [7, 11) is 0. The summed E-state index contributed by atoms with van der Waals surface area (Å²) in [5, 5.41) is 0. The van der Waals surface area contributed by atoms with Gasteiger partial charge in [-0.3, -0.25) is 0 Å². The van der Waals surface area contributed by atoms with Crippen LogP contribution in [-0.2, 0) is 0 Å². The Bertz CT molecular complexity index is 87.5. The first-order valence-electron chi connectivity index (χ1n) is 1.99. The average molecular weight is 208 g/mol. The van der Waals surface area contributed by atoms with E-state index in [2.05, 4.69) is 6.58 Å². The van der Waals surface area contributed by atoms with Crippen LogP contribution in [0.15, 0.2) is 21.6 Å². The molecule has 0 spiro atoms. The molecule has 0 aromatic rings. The van der Waals surface area contributed by atoms with E-state index in [1.807, 2.05) is 6.92 Å². The molecule has 0 heterocycles.